The number of Topliss-reactive ketones (excluding diaryl/α,β-unsaturated/α-hetero) is 1. The van der Waals surface area contributed by atoms with E-state index >= 15 is 0 Å². The average Bonchev–Trinajstić information content (AvgIpc) is 2.52. The molecule has 0 atom stereocenters. The Labute approximate surface area is 137 Å². The number of ether oxygens (including phenoxy) is 1. The van der Waals surface area contributed by atoms with Gasteiger partial charge < -0.3 is 4.74 Å². The molecule has 3 nitrogen and oxygen atoms in total. The highest BCUT2D eigenvalue weighted by Crippen LogP contribution is 2.19. The molecule has 0 bridgehead atoms. The van der Waals surface area contributed by atoms with Gasteiger partial charge in [-0.1, -0.05) is 58.4 Å². The lowest BCUT2D eigenvalue weighted by molar-refractivity contribution is -0.136. The molecular formula is C18H15BrO3. The van der Waals surface area contributed by atoms with Gasteiger partial charge >= 0.3 is 5.97 Å². The number of carbonyl (C=O) groups is 2. The zero-order valence-electron chi connectivity index (χ0n) is 12.1. The molecule has 0 saturated carbocycles. The van der Waals surface area contributed by atoms with E-state index in [-0.39, 0.29) is 12.4 Å². The van der Waals surface area contributed by atoms with Crippen LogP contribution in [-0.4, -0.2) is 18.4 Å². The molecule has 0 saturated heterocycles. The number of hydrogen-bond acceptors (Lipinski definition) is 3. The monoisotopic (exact) mass is 358 g/mol. The molecule has 0 aromatic heterocycles. The highest BCUT2D eigenvalue weighted by molar-refractivity contribution is 9.10. The van der Waals surface area contributed by atoms with Crippen molar-refractivity contribution in [3.63, 3.8) is 0 Å². The molecule has 0 aliphatic rings. The van der Waals surface area contributed by atoms with Crippen molar-refractivity contribution in [3.05, 3.63) is 75.8 Å². The van der Waals surface area contributed by atoms with Gasteiger partial charge in [-0.2, -0.15) is 0 Å². The molecule has 0 spiro atoms. The van der Waals surface area contributed by atoms with Crippen LogP contribution < -0.4 is 0 Å². The molecule has 0 aliphatic carbocycles. The Kier molecular flexibility index (Phi) is 5.67. The van der Waals surface area contributed by atoms with Crippen molar-refractivity contribution in [2.75, 3.05) is 6.61 Å². The summed E-state index contributed by atoms with van der Waals surface area (Å²) in [4.78, 5) is 23.5. The fourth-order valence-electron chi connectivity index (χ4n) is 1.82. The van der Waals surface area contributed by atoms with Crippen molar-refractivity contribution in [3.8, 4) is 0 Å². The number of aryl methyl sites for hydroxylation is 1. The lowest BCUT2D eigenvalue weighted by Crippen LogP contribution is -2.12. The maximum absolute atomic E-state index is 11.8. The Balaban J connectivity index is 1.90. The van der Waals surface area contributed by atoms with E-state index in [0.29, 0.717) is 5.56 Å². The smallest absolute Gasteiger partial charge is 0.331 e. The minimum atomic E-state index is -0.545. The number of benzene rings is 2. The first-order chi connectivity index (χ1) is 10.6. The van der Waals surface area contributed by atoms with Crippen LogP contribution in [0.15, 0.2) is 59.1 Å². The van der Waals surface area contributed by atoms with Crippen LogP contribution in [0.2, 0.25) is 0 Å². The quantitative estimate of drug-likeness (QED) is 0.457. The van der Waals surface area contributed by atoms with E-state index in [0.717, 1.165) is 15.6 Å². The van der Waals surface area contributed by atoms with Crippen LogP contribution in [0.25, 0.3) is 6.08 Å². The molecule has 22 heavy (non-hydrogen) atoms. The predicted octanol–water partition coefficient (Wildman–Crippen LogP) is 4.20. The normalized spacial score (nSPS) is 10.6. The van der Waals surface area contributed by atoms with Crippen molar-refractivity contribution >= 4 is 33.8 Å². The summed E-state index contributed by atoms with van der Waals surface area (Å²) >= 11 is 3.43. The van der Waals surface area contributed by atoms with Crippen molar-refractivity contribution in [1.29, 1.82) is 0 Å². The molecule has 2 aromatic rings. The number of carbonyl (C=O) groups excluding carboxylic acids is 2. The molecule has 4 heteroatoms. The minimum Gasteiger partial charge on any atom is -0.454 e. The lowest BCUT2D eigenvalue weighted by Gasteiger charge is -2.02. The third-order valence-electron chi connectivity index (χ3n) is 3.00. The van der Waals surface area contributed by atoms with Crippen LogP contribution in [0.1, 0.15) is 21.5 Å². The van der Waals surface area contributed by atoms with Gasteiger partial charge in [0.15, 0.2) is 12.4 Å². The molecule has 112 valence electrons. The number of hydrogen-bond donors (Lipinski definition) is 0. The molecule has 0 fully saturated rings. The van der Waals surface area contributed by atoms with E-state index in [1.165, 1.54) is 6.08 Å². The molecule has 0 aliphatic heterocycles. The minimum absolute atomic E-state index is 0.223. The molecule has 0 amide bonds. The van der Waals surface area contributed by atoms with Crippen LogP contribution in [0.4, 0.5) is 0 Å². The van der Waals surface area contributed by atoms with Crippen molar-refractivity contribution in [2.24, 2.45) is 0 Å². The van der Waals surface area contributed by atoms with E-state index in [2.05, 4.69) is 15.9 Å². The van der Waals surface area contributed by atoms with E-state index in [4.69, 9.17) is 4.74 Å². The molecular weight excluding hydrogens is 344 g/mol. The van der Waals surface area contributed by atoms with Crippen LogP contribution in [-0.2, 0) is 9.53 Å². The molecule has 0 N–H and O–H groups in total. The van der Waals surface area contributed by atoms with Crippen molar-refractivity contribution in [2.45, 2.75) is 6.92 Å². The standard InChI is InChI=1S/C18H15BrO3/c1-13-7-8-14(16(19)11-13)9-10-18(21)22-12-17(20)15-5-3-2-4-6-15/h2-11H,12H2,1H3/b10-9+. The van der Waals surface area contributed by atoms with Gasteiger partial charge in [0, 0.05) is 16.1 Å². The van der Waals surface area contributed by atoms with E-state index in [9.17, 15) is 9.59 Å². The van der Waals surface area contributed by atoms with Crippen LogP contribution in [0, 0.1) is 6.92 Å². The van der Waals surface area contributed by atoms with Crippen molar-refractivity contribution < 1.29 is 14.3 Å². The van der Waals surface area contributed by atoms with Gasteiger partial charge in [-0.05, 0) is 30.2 Å². The largest absolute Gasteiger partial charge is 0.454 e. The van der Waals surface area contributed by atoms with E-state index in [1.807, 2.05) is 31.2 Å². The van der Waals surface area contributed by atoms with Gasteiger partial charge in [0.05, 0.1) is 0 Å². The van der Waals surface area contributed by atoms with E-state index < -0.39 is 5.97 Å². The maximum atomic E-state index is 11.8. The van der Waals surface area contributed by atoms with Gasteiger partial charge in [-0.15, -0.1) is 0 Å². The summed E-state index contributed by atoms with van der Waals surface area (Å²) in [6, 6.07) is 14.6. The maximum Gasteiger partial charge on any atom is 0.331 e. The molecule has 0 heterocycles. The van der Waals surface area contributed by atoms with Gasteiger partial charge in [-0.25, -0.2) is 4.79 Å². The zero-order chi connectivity index (χ0) is 15.9. The highest BCUT2D eigenvalue weighted by atomic mass is 79.9. The topological polar surface area (TPSA) is 43.4 Å². The zero-order valence-corrected chi connectivity index (χ0v) is 13.7. The first-order valence-corrected chi connectivity index (χ1v) is 7.55. The fraction of sp³-hybridized carbons (Fsp3) is 0.111. The Morgan fingerprint density at radius 1 is 1.14 bits per heavy atom. The summed E-state index contributed by atoms with van der Waals surface area (Å²) in [5.74, 6) is -0.768. The molecule has 2 rings (SSSR count). The predicted molar refractivity (Wildman–Crippen MR) is 89.6 cm³/mol. The fourth-order valence-corrected chi connectivity index (χ4v) is 2.44. The number of rotatable bonds is 5. The summed E-state index contributed by atoms with van der Waals surface area (Å²) < 4.78 is 5.85. The summed E-state index contributed by atoms with van der Waals surface area (Å²) in [7, 11) is 0. The second kappa shape index (κ2) is 7.71. The number of ketones is 1. The van der Waals surface area contributed by atoms with Gasteiger partial charge in [-0.3, -0.25) is 4.79 Å². The summed E-state index contributed by atoms with van der Waals surface area (Å²) in [5.41, 5.74) is 2.53. The Bertz CT molecular complexity index is 706. The van der Waals surface area contributed by atoms with Gasteiger partial charge in [0.2, 0.25) is 0 Å². The number of halogens is 1. The SMILES string of the molecule is Cc1ccc(/C=C/C(=O)OCC(=O)c2ccccc2)c(Br)c1. The van der Waals surface area contributed by atoms with Crippen molar-refractivity contribution in [1.82, 2.24) is 0 Å². The molecule has 0 radical (unpaired) electrons. The average molecular weight is 359 g/mol. The Morgan fingerprint density at radius 2 is 1.86 bits per heavy atom. The van der Waals surface area contributed by atoms with Crippen LogP contribution in [0.3, 0.4) is 0 Å². The summed E-state index contributed by atoms with van der Waals surface area (Å²) in [6.45, 7) is 1.73. The first-order valence-electron chi connectivity index (χ1n) is 6.75. The van der Waals surface area contributed by atoms with Crippen LogP contribution >= 0.6 is 15.9 Å². The number of esters is 1. The second-order valence-electron chi connectivity index (χ2n) is 4.76. The third kappa shape index (κ3) is 4.67. The van der Waals surface area contributed by atoms with Gasteiger partial charge in [0.1, 0.15) is 0 Å². The van der Waals surface area contributed by atoms with E-state index in [1.54, 1.807) is 30.3 Å². The Hall–Kier alpha value is -2.20. The Morgan fingerprint density at radius 3 is 2.55 bits per heavy atom. The first kappa shape index (κ1) is 16.2. The summed E-state index contributed by atoms with van der Waals surface area (Å²) in [5, 5.41) is 0. The highest BCUT2D eigenvalue weighted by Gasteiger charge is 2.07. The molecule has 0 unspecified atom stereocenters. The summed E-state index contributed by atoms with van der Waals surface area (Å²) in [6.07, 6.45) is 2.96. The van der Waals surface area contributed by atoms with Crippen LogP contribution in [0.5, 0.6) is 0 Å². The lowest BCUT2D eigenvalue weighted by atomic mass is 10.1. The second-order valence-corrected chi connectivity index (χ2v) is 5.61. The third-order valence-corrected chi connectivity index (χ3v) is 3.68. The van der Waals surface area contributed by atoms with Gasteiger partial charge in [0.25, 0.3) is 0 Å². The molecule has 2 aromatic carbocycles.